The van der Waals surface area contributed by atoms with Gasteiger partial charge in [-0.25, -0.2) is 4.98 Å². The number of benzene rings is 1. The first-order valence-corrected chi connectivity index (χ1v) is 11.4. The number of rotatable bonds is 13. The number of nitrogens with two attached hydrogens (primary N) is 1. The van der Waals surface area contributed by atoms with Crippen molar-refractivity contribution in [3.8, 4) is 0 Å². The zero-order chi connectivity index (χ0) is 22.1. The maximum Gasteiger partial charge on any atom is 0.163 e. The largest absolute Gasteiger partial charge is 0.394 e. The molecule has 3 rings (SSSR count). The van der Waals surface area contributed by atoms with Crippen LogP contribution in [0.2, 0.25) is 0 Å². The van der Waals surface area contributed by atoms with E-state index in [4.69, 9.17) is 10.7 Å². The first-order valence-electron chi connectivity index (χ1n) is 11.4. The molecule has 5 N–H and O–H groups in total. The predicted molar refractivity (Wildman–Crippen MR) is 127 cm³/mol. The van der Waals surface area contributed by atoms with Gasteiger partial charge in [0.15, 0.2) is 5.65 Å². The summed E-state index contributed by atoms with van der Waals surface area (Å²) in [6.07, 6.45) is 7.18. The molecule has 2 heterocycles. The van der Waals surface area contributed by atoms with Crippen LogP contribution in [0.15, 0.2) is 42.6 Å². The van der Waals surface area contributed by atoms with Crippen molar-refractivity contribution in [3.05, 3.63) is 53.7 Å². The standard InChI is InChI=1S/C24H36N6O/c1-18(2)21-16-27-30-23(26-15-19-10-6-5-7-11-19)14-22(29-24(21)30)28-20(17-31)12-8-3-4-9-13-25/h5-7,10-11,14,16,18,20,26,31H,3-4,8-9,12-13,15,17,25H2,1-2H3,(H,28,29)/t20-/m1/s1. The molecule has 0 aliphatic rings. The van der Waals surface area contributed by atoms with Crippen LogP contribution in [0, 0.1) is 0 Å². The number of nitrogens with zero attached hydrogens (tertiary/aromatic N) is 3. The summed E-state index contributed by atoms with van der Waals surface area (Å²) in [7, 11) is 0. The van der Waals surface area contributed by atoms with Crippen molar-refractivity contribution in [1.82, 2.24) is 14.6 Å². The van der Waals surface area contributed by atoms with E-state index in [1.54, 1.807) is 0 Å². The minimum absolute atomic E-state index is 0.0276. The third kappa shape index (κ3) is 6.42. The second-order valence-electron chi connectivity index (χ2n) is 8.37. The molecule has 7 nitrogen and oxygen atoms in total. The molecule has 0 fully saturated rings. The fraction of sp³-hybridized carbons (Fsp3) is 0.500. The Kier molecular flexibility index (Phi) is 8.67. The van der Waals surface area contributed by atoms with Crippen LogP contribution < -0.4 is 16.4 Å². The van der Waals surface area contributed by atoms with Crippen LogP contribution in [0.5, 0.6) is 0 Å². The molecule has 3 aromatic rings. The number of nitrogens with one attached hydrogen (secondary N) is 2. The van der Waals surface area contributed by atoms with Gasteiger partial charge in [0.1, 0.15) is 11.6 Å². The van der Waals surface area contributed by atoms with Crippen LogP contribution >= 0.6 is 0 Å². The van der Waals surface area contributed by atoms with E-state index in [9.17, 15) is 5.11 Å². The first kappa shape index (κ1) is 23.0. The number of hydrogen-bond acceptors (Lipinski definition) is 6. The number of fused-ring (bicyclic) bond motifs is 1. The Bertz CT molecular complexity index is 924. The molecule has 0 saturated carbocycles. The highest BCUT2D eigenvalue weighted by Gasteiger charge is 2.16. The molecule has 0 aliphatic carbocycles. The van der Waals surface area contributed by atoms with E-state index in [2.05, 4.69) is 41.7 Å². The Morgan fingerprint density at radius 3 is 2.58 bits per heavy atom. The van der Waals surface area contributed by atoms with Crippen molar-refractivity contribution >= 4 is 17.3 Å². The van der Waals surface area contributed by atoms with Crippen molar-refractivity contribution in [1.29, 1.82) is 0 Å². The van der Waals surface area contributed by atoms with Gasteiger partial charge in [0.05, 0.1) is 18.8 Å². The van der Waals surface area contributed by atoms with Crippen LogP contribution in [-0.4, -0.2) is 38.9 Å². The van der Waals surface area contributed by atoms with Gasteiger partial charge in [-0.15, -0.1) is 0 Å². The molecule has 0 amide bonds. The maximum absolute atomic E-state index is 9.88. The molecule has 1 aromatic carbocycles. The lowest BCUT2D eigenvalue weighted by Gasteiger charge is -2.18. The summed E-state index contributed by atoms with van der Waals surface area (Å²) in [4.78, 5) is 4.84. The maximum atomic E-state index is 9.88. The summed E-state index contributed by atoms with van der Waals surface area (Å²) in [6.45, 7) is 5.81. The molecule has 0 aliphatic heterocycles. The SMILES string of the molecule is CC(C)c1cnn2c(NCc3ccccc3)cc(N[C@@H](CO)CCCCCCN)nc12. The minimum Gasteiger partial charge on any atom is -0.394 e. The van der Waals surface area contributed by atoms with Gasteiger partial charge in [-0.3, -0.25) is 0 Å². The van der Waals surface area contributed by atoms with Crippen LogP contribution in [0.25, 0.3) is 5.65 Å². The van der Waals surface area contributed by atoms with Gasteiger partial charge in [-0.1, -0.05) is 63.4 Å². The quantitative estimate of drug-likeness (QED) is 0.308. The fourth-order valence-electron chi connectivity index (χ4n) is 3.68. The minimum atomic E-state index is -0.0276. The fourth-order valence-corrected chi connectivity index (χ4v) is 3.68. The topological polar surface area (TPSA) is 100 Å². The van der Waals surface area contributed by atoms with E-state index >= 15 is 0 Å². The summed E-state index contributed by atoms with van der Waals surface area (Å²) in [5, 5.41) is 21.4. The van der Waals surface area contributed by atoms with Crippen LogP contribution in [0.3, 0.4) is 0 Å². The summed E-state index contributed by atoms with van der Waals surface area (Å²) in [6, 6.07) is 12.2. The summed E-state index contributed by atoms with van der Waals surface area (Å²) < 4.78 is 1.87. The van der Waals surface area contributed by atoms with E-state index in [1.165, 1.54) is 5.56 Å². The first-order chi connectivity index (χ1) is 15.1. The molecule has 31 heavy (non-hydrogen) atoms. The highest BCUT2D eigenvalue weighted by molar-refractivity contribution is 5.61. The highest BCUT2D eigenvalue weighted by Crippen LogP contribution is 2.25. The van der Waals surface area contributed by atoms with Crippen molar-refractivity contribution in [3.63, 3.8) is 0 Å². The third-order valence-electron chi connectivity index (χ3n) is 5.52. The number of unbranched alkanes of at least 4 members (excludes halogenated alkanes) is 3. The molecule has 0 spiro atoms. The van der Waals surface area contributed by atoms with E-state index in [-0.39, 0.29) is 12.6 Å². The second-order valence-corrected chi connectivity index (χ2v) is 8.37. The second kappa shape index (κ2) is 11.7. The van der Waals surface area contributed by atoms with Crippen LogP contribution in [0.4, 0.5) is 11.6 Å². The van der Waals surface area contributed by atoms with Gasteiger partial charge >= 0.3 is 0 Å². The van der Waals surface area contributed by atoms with E-state index in [1.807, 2.05) is 35.0 Å². The van der Waals surface area contributed by atoms with E-state index in [0.29, 0.717) is 12.5 Å². The number of aliphatic hydroxyl groups is 1. The normalized spacial score (nSPS) is 12.4. The smallest absolute Gasteiger partial charge is 0.163 e. The molecule has 168 valence electrons. The Labute approximate surface area is 185 Å². The van der Waals surface area contributed by atoms with Gasteiger partial charge in [0.25, 0.3) is 0 Å². The highest BCUT2D eigenvalue weighted by atomic mass is 16.3. The lowest BCUT2D eigenvalue weighted by atomic mass is 10.1. The molecule has 7 heteroatoms. The van der Waals surface area contributed by atoms with Gasteiger partial charge in [0, 0.05) is 18.2 Å². The van der Waals surface area contributed by atoms with E-state index < -0.39 is 0 Å². The Morgan fingerprint density at radius 1 is 1.10 bits per heavy atom. The molecular formula is C24H36N6O. The monoisotopic (exact) mass is 424 g/mol. The molecule has 0 unspecified atom stereocenters. The van der Waals surface area contributed by atoms with Gasteiger partial charge in [-0.2, -0.15) is 9.61 Å². The summed E-state index contributed by atoms with van der Waals surface area (Å²) >= 11 is 0. The lowest BCUT2D eigenvalue weighted by molar-refractivity contribution is 0.266. The van der Waals surface area contributed by atoms with Crippen molar-refractivity contribution in [2.45, 2.75) is 64.5 Å². The molecule has 1 atom stereocenters. The average Bonchev–Trinajstić information content (AvgIpc) is 3.21. The Balaban J connectivity index is 1.78. The predicted octanol–water partition coefficient (Wildman–Crippen LogP) is 4.15. The van der Waals surface area contributed by atoms with Gasteiger partial charge < -0.3 is 21.5 Å². The molecule has 2 aromatic heterocycles. The summed E-state index contributed by atoms with van der Waals surface area (Å²) in [5.74, 6) is 1.95. The Morgan fingerprint density at radius 2 is 1.87 bits per heavy atom. The summed E-state index contributed by atoms with van der Waals surface area (Å²) in [5.41, 5.74) is 8.72. The molecule has 0 saturated heterocycles. The van der Waals surface area contributed by atoms with E-state index in [0.717, 1.165) is 61.5 Å². The van der Waals surface area contributed by atoms with Crippen molar-refractivity contribution in [2.75, 3.05) is 23.8 Å². The zero-order valence-electron chi connectivity index (χ0n) is 18.7. The van der Waals surface area contributed by atoms with Crippen LogP contribution in [-0.2, 0) is 6.54 Å². The molecular weight excluding hydrogens is 388 g/mol. The third-order valence-corrected chi connectivity index (χ3v) is 5.52. The lowest BCUT2D eigenvalue weighted by Crippen LogP contribution is -2.24. The number of aliphatic hydroxyl groups excluding tert-OH is 1. The number of anilines is 2. The number of aromatic nitrogens is 3. The zero-order valence-corrected chi connectivity index (χ0v) is 18.7. The molecule has 0 bridgehead atoms. The van der Waals surface area contributed by atoms with Crippen molar-refractivity contribution < 1.29 is 5.11 Å². The van der Waals surface area contributed by atoms with Gasteiger partial charge in [0.2, 0.25) is 0 Å². The van der Waals surface area contributed by atoms with Crippen molar-refractivity contribution in [2.24, 2.45) is 5.73 Å². The molecule has 0 radical (unpaired) electrons. The average molecular weight is 425 g/mol. The van der Waals surface area contributed by atoms with Crippen LogP contribution in [0.1, 0.15) is 63.0 Å². The van der Waals surface area contributed by atoms with Gasteiger partial charge in [-0.05, 0) is 30.9 Å². The Hall–Kier alpha value is -2.64. The number of hydrogen-bond donors (Lipinski definition) is 4.